The molecule has 1 saturated carbocycles. The summed E-state index contributed by atoms with van der Waals surface area (Å²) in [4.78, 5) is 5.32. The van der Waals surface area contributed by atoms with Gasteiger partial charge in [-0.2, -0.15) is 27.1 Å². The summed E-state index contributed by atoms with van der Waals surface area (Å²) >= 11 is 0. The number of aliphatic hydroxyl groups is 1. The molecular weight excluding hydrogens is 497 g/mol. The molecule has 2 aromatic heterocycles. The highest BCUT2D eigenvalue weighted by Crippen LogP contribution is 2.42. The van der Waals surface area contributed by atoms with Crippen LogP contribution in [-0.2, 0) is 17.0 Å². The highest BCUT2D eigenvalue weighted by Gasteiger charge is 2.44. The number of aryl methyl sites for hydroxylation is 1. The number of alkyl halides is 5. The number of fused-ring (bicyclic) bond motifs is 1. The maximum absolute atomic E-state index is 14.5. The Morgan fingerprint density at radius 1 is 1.14 bits per heavy atom. The molecule has 37 heavy (non-hydrogen) atoms. The number of pyridine rings is 1. The van der Waals surface area contributed by atoms with Crippen LogP contribution in [0.2, 0.25) is 0 Å². The fourth-order valence-electron chi connectivity index (χ4n) is 4.43. The van der Waals surface area contributed by atoms with Crippen LogP contribution >= 0.6 is 0 Å². The number of rotatable bonds is 7. The molecule has 0 unspecified atom stereocenters. The van der Waals surface area contributed by atoms with E-state index in [9.17, 15) is 27.1 Å². The molecule has 1 saturated heterocycles. The molecule has 0 amide bonds. The van der Waals surface area contributed by atoms with E-state index in [4.69, 9.17) is 4.74 Å². The summed E-state index contributed by atoms with van der Waals surface area (Å²) in [5, 5.41) is 21.6. The highest BCUT2D eigenvalue weighted by molar-refractivity contribution is 5.93. The number of hydrogen-bond donors (Lipinski definition) is 2. The second-order valence-corrected chi connectivity index (χ2v) is 10.1. The Balaban J connectivity index is 1.50. The molecule has 1 atom stereocenters. The molecule has 3 heterocycles. The van der Waals surface area contributed by atoms with Gasteiger partial charge in [0.05, 0.1) is 40.2 Å². The fraction of sp³-hybridized carbons (Fsp3) is 0.480. The van der Waals surface area contributed by atoms with Gasteiger partial charge < -0.3 is 20.1 Å². The van der Waals surface area contributed by atoms with Gasteiger partial charge >= 0.3 is 12.3 Å². The Morgan fingerprint density at radius 2 is 1.84 bits per heavy atom. The van der Waals surface area contributed by atoms with Crippen molar-refractivity contribution in [3.05, 3.63) is 52.8 Å². The van der Waals surface area contributed by atoms with Crippen molar-refractivity contribution in [1.29, 1.82) is 0 Å². The largest absolute Gasteiger partial charge is 0.435 e. The van der Waals surface area contributed by atoms with Crippen LogP contribution < -0.4 is 10.2 Å². The van der Waals surface area contributed by atoms with E-state index < -0.39 is 35.7 Å². The molecule has 2 fully saturated rings. The molecule has 1 aromatic carbocycles. The number of nitrogens with zero attached hydrogens (tertiary/aromatic N) is 4. The average Bonchev–Trinajstić information content (AvgIpc) is 3.61. The number of ether oxygens (including phenoxy) is 1. The van der Waals surface area contributed by atoms with Gasteiger partial charge in [-0.25, -0.2) is 4.98 Å². The molecule has 3 aromatic rings. The van der Waals surface area contributed by atoms with Crippen LogP contribution in [0.4, 0.5) is 33.5 Å². The first-order valence-electron chi connectivity index (χ1n) is 11.9. The van der Waals surface area contributed by atoms with Gasteiger partial charge in [0.25, 0.3) is 0 Å². The van der Waals surface area contributed by atoms with Gasteiger partial charge in [0.15, 0.2) is 11.5 Å². The van der Waals surface area contributed by atoms with E-state index in [0.717, 1.165) is 0 Å². The van der Waals surface area contributed by atoms with Crippen molar-refractivity contribution in [2.24, 2.45) is 0 Å². The number of halogens is 5. The lowest BCUT2D eigenvalue weighted by atomic mass is 9.95. The molecule has 1 aliphatic carbocycles. The summed E-state index contributed by atoms with van der Waals surface area (Å²) in [6, 6.07) is 6.56. The maximum Gasteiger partial charge on any atom is 0.435 e. The summed E-state index contributed by atoms with van der Waals surface area (Å²) in [5.74, 6) is 0.161. The lowest BCUT2D eigenvalue weighted by molar-refractivity contribution is -0.255. The lowest BCUT2D eigenvalue weighted by Crippen LogP contribution is -2.60. The molecule has 0 spiro atoms. The normalized spacial score (nSPS) is 18.6. The third-order valence-electron chi connectivity index (χ3n) is 6.49. The van der Waals surface area contributed by atoms with Crippen molar-refractivity contribution in [2.75, 3.05) is 23.3 Å². The third-order valence-corrected chi connectivity index (χ3v) is 6.49. The standard InChI is InChI=1S/C25H26F5N5O2/c1-13(15-5-4-6-16(9-15)25(29,30)37-17-7-8-17)31-22-18-10-19(35-11-23(3,36)12-35)21(24(26,27)28)32-20(18)14(2)33-34-22/h4-6,9-10,13,17,36H,7-8,11-12H2,1-3H3,(H,31,34)/t13-/m1/s1. The molecule has 7 nitrogen and oxygen atoms in total. The van der Waals surface area contributed by atoms with Gasteiger partial charge in [-0.05, 0) is 51.3 Å². The maximum atomic E-state index is 14.5. The summed E-state index contributed by atoms with van der Waals surface area (Å²) in [6.45, 7) is 4.81. The fourth-order valence-corrected chi connectivity index (χ4v) is 4.43. The number of nitrogens with one attached hydrogen (secondary N) is 1. The lowest BCUT2D eigenvalue weighted by Gasteiger charge is -2.46. The molecular formula is C25H26F5N5O2. The zero-order valence-electron chi connectivity index (χ0n) is 20.4. The zero-order chi connectivity index (χ0) is 26.8. The van der Waals surface area contributed by atoms with Gasteiger partial charge in [0.1, 0.15) is 0 Å². The molecule has 1 aliphatic heterocycles. The van der Waals surface area contributed by atoms with E-state index in [-0.39, 0.29) is 41.4 Å². The first-order valence-corrected chi connectivity index (χ1v) is 11.9. The van der Waals surface area contributed by atoms with Gasteiger partial charge in [0.2, 0.25) is 0 Å². The minimum atomic E-state index is -4.73. The average molecular weight is 524 g/mol. The molecule has 0 radical (unpaired) electrons. The SMILES string of the molecule is Cc1nnc(N[C@H](C)c2cccc(C(F)(F)OC3CC3)c2)c2cc(N3CC(C)(O)C3)c(C(F)(F)F)nc12. The van der Waals surface area contributed by atoms with Crippen LogP contribution in [0, 0.1) is 6.92 Å². The monoisotopic (exact) mass is 523 g/mol. The van der Waals surface area contributed by atoms with Crippen LogP contribution in [-0.4, -0.2) is 45.1 Å². The van der Waals surface area contributed by atoms with Crippen molar-refractivity contribution < 1.29 is 31.8 Å². The van der Waals surface area contributed by atoms with E-state index in [1.165, 1.54) is 36.1 Å². The quantitative estimate of drug-likeness (QED) is 0.406. The van der Waals surface area contributed by atoms with Crippen molar-refractivity contribution in [3.8, 4) is 0 Å². The Labute approximate surface area is 209 Å². The number of anilines is 2. The highest BCUT2D eigenvalue weighted by atomic mass is 19.4. The third kappa shape index (κ3) is 5.17. The Morgan fingerprint density at radius 3 is 2.46 bits per heavy atom. The molecule has 5 rings (SSSR count). The molecule has 2 aliphatic rings. The van der Waals surface area contributed by atoms with Crippen LogP contribution in [0.25, 0.3) is 10.9 Å². The molecule has 198 valence electrons. The summed E-state index contributed by atoms with van der Waals surface area (Å²) < 4.78 is 75.6. The number of aromatic nitrogens is 3. The van der Waals surface area contributed by atoms with E-state index in [1.807, 2.05) is 0 Å². The number of β-amino-alcohol motifs (C(OH)–C–C–N with tert-alkyl or cyclic N) is 1. The minimum Gasteiger partial charge on any atom is -0.386 e. The van der Waals surface area contributed by atoms with E-state index in [2.05, 4.69) is 20.5 Å². The predicted molar refractivity (Wildman–Crippen MR) is 126 cm³/mol. The minimum absolute atomic E-state index is 0.0177. The second kappa shape index (κ2) is 8.73. The van der Waals surface area contributed by atoms with E-state index in [1.54, 1.807) is 19.9 Å². The Bertz CT molecular complexity index is 1340. The van der Waals surface area contributed by atoms with Gasteiger partial charge in [-0.1, -0.05) is 18.2 Å². The van der Waals surface area contributed by atoms with Crippen LogP contribution in [0.3, 0.4) is 0 Å². The summed E-state index contributed by atoms with van der Waals surface area (Å²) in [5.41, 5.74) is -1.90. The summed E-state index contributed by atoms with van der Waals surface area (Å²) in [7, 11) is 0. The van der Waals surface area contributed by atoms with Crippen molar-refractivity contribution in [1.82, 2.24) is 15.2 Å². The Hall–Kier alpha value is -3.12. The van der Waals surface area contributed by atoms with Crippen molar-refractivity contribution in [2.45, 2.75) is 63.6 Å². The van der Waals surface area contributed by atoms with Crippen LogP contribution in [0.15, 0.2) is 30.3 Å². The van der Waals surface area contributed by atoms with E-state index >= 15 is 0 Å². The van der Waals surface area contributed by atoms with Gasteiger partial charge in [-0.3, -0.25) is 0 Å². The number of benzene rings is 1. The van der Waals surface area contributed by atoms with Crippen LogP contribution in [0.1, 0.15) is 55.2 Å². The first kappa shape index (κ1) is 25.5. The van der Waals surface area contributed by atoms with Crippen LogP contribution in [0.5, 0.6) is 0 Å². The zero-order valence-corrected chi connectivity index (χ0v) is 20.4. The Kier molecular flexibility index (Phi) is 6.02. The molecule has 12 heteroatoms. The summed E-state index contributed by atoms with van der Waals surface area (Å²) in [6.07, 6.45) is -7.39. The predicted octanol–water partition coefficient (Wildman–Crippen LogP) is 5.32. The van der Waals surface area contributed by atoms with Gasteiger partial charge in [-0.15, -0.1) is 5.10 Å². The van der Waals surface area contributed by atoms with Crippen molar-refractivity contribution >= 4 is 22.4 Å². The topological polar surface area (TPSA) is 83.4 Å². The number of hydrogen-bond acceptors (Lipinski definition) is 7. The van der Waals surface area contributed by atoms with E-state index in [0.29, 0.717) is 23.8 Å². The van der Waals surface area contributed by atoms with Gasteiger partial charge in [0, 0.05) is 18.5 Å². The first-order chi connectivity index (χ1) is 17.2. The molecule has 2 N–H and O–H groups in total. The smallest absolute Gasteiger partial charge is 0.386 e. The van der Waals surface area contributed by atoms with Crippen molar-refractivity contribution in [3.63, 3.8) is 0 Å². The second-order valence-electron chi connectivity index (χ2n) is 10.1. The molecule has 0 bridgehead atoms.